The summed E-state index contributed by atoms with van der Waals surface area (Å²) in [5.41, 5.74) is 1.93. The third-order valence-corrected chi connectivity index (χ3v) is 6.23. The normalized spacial score (nSPS) is 14.9. The van der Waals surface area contributed by atoms with Crippen molar-refractivity contribution in [3.8, 4) is 0 Å². The zero-order valence-electron chi connectivity index (χ0n) is 16.2. The second-order valence-corrected chi connectivity index (χ2v) is 8.24. The molecule has 0 spiro atoms. The molecule has 144 valence electrons. The van der Waals surface area contributed by atoms with Crippen molar-refractivity contribution in [2.75, 3.05) is 10.7 Å². The summed E-state index contributed by atoms with van der Waals surface area (Å²) in [5.74, 6) is 1.27. The van der Waals surface area contributed by atoms with E-state index in [2.05, 4.69) is 9.97 Å². The largest absolute Gasteiger partial charge is 0.309 e. The number of para-hydroxylation sites is 2. The Labute approximate surface area is 170 Å². The maximum absolute atomic E-state index is 13.3. The highest BCUT2D eigenvalue weighted by Crippen LogP contribution is 2.30. The number of aromatic nitrogens is 2. The topological polar surface area (TPSA) is 46.1 Å². The highest BCUT2D eigenvalue weighted by atomic mass is 32.2. The van der Waals surface area contributed by atoms with Crippen LogP contribution >= 0.6 is 11.8 Å². The summed E-state index contributed by atoms with van der Waals surface area (Å²) in [6.07, 6.45) is 5.84. The quantitative estimate of drug-likeness (QED) is 0.432. The van der Waals surface area contributed by atoms with Crippen molar-refractivity contribution in [2.45, 2.75) is 50.1 Å². The summed E-state index contributed by atoms with van der Waals surface area (Å²) in [6.45, 7) is 1.90. The van der Waals surface area contributed by atoms with Gasteiger partial charge in [0, 0.05) is 17.1 Å². The number of hydrogen-bond donors (Lipinski definition) is 0. The van der Waals surface area contributed by atoms with Crippen LogP contribution in [0.15, 0.2) is 59.6 Å². The van der Waals surface area contributed by atoms with E-state index < -0.39 is 0 Å². The molecule has 1 aliphatic carbocycles. The van der Waals surface area contributed by atoms with E-state index in [1.54, 1.807) is 0 Å². The van der Waals surface area contributed by atoms with Crippen molar-refractivity contribution in [1.29, 1.82) is 0 Å². The van der Waals surface area contributed by atoms with Crippen LogP contribution in [0, 0.1) is 6.92 Å². The molecule has 5 heteroatoms. The van der Waals surface area contributed by atoms with Gasteiger partial charge in [-0.1, -0.05) is 67.4 Å². The lowest BCUT2D eigenvalue weighted by Gasteiger charge is -2.34. The lowest BCUT2D eigenvalue weighted by atomic mass is 9.93. The molecule has 3 aromatic rings. The highest BCUT2D eigenvalue weighted by Gasteiger charge is 2.27. The number of aryl methyl sites for hydroxylation is 1. The molecule has 0 bridgehead atoms. The van der Waals surface area contributed by atoms with Crippen LogP contribution in [0.4, 0.5) is 5.69 Å². The Bertz CT molecular complexity index is 954. The summed E-state index contributed by atoms with van der Waals surface area (Å²) >= 11 is 1.52. The Kier molecular flexibility index (Phi) is 5.91. The molecule has 1 aromatic heterocycles. The molecule has 2 aromatic carbocycles. The molecule has 0 N–H and O–H groups in total. The van der Waals surface area contributed by atoms with Gasteiger partial charge in [0.1, 0.15) is 10.9 Å². The van der Waals surface area contributed by atoms with Gasteiger partial charge in [0.15, 0.2) is 0 Å². The number of carbonyl (C=O) groups excluding carboxylic acids is 1. The third-order valence-electron chi connectivity index (χ3n) is 5.26. The summed E-state index contributed by atoms with van der Waals surface area (Å²) in [4.78, 5) is 24.4. The van der Waals surface area contributed by atoms with Crippen LogP contribution in [0.5, 0.6) is 0 Å². The molecule has 1 amide bonds. The first-order valence-electron chi connectivity index (χ1n) is 9.95. The Morgan fingerprint density at radius 1 is 1.00 bits per heavy atom. The van der Waals surface area contributed by atoms with E-state index in [-0.39, 0.29) is 5.91 Å². The van der Waals surface area contributed by atoms with Crippen LogP contribution < -0.4 is 4.90 Å². The number of thioether (sulfide) groups is 1. The number of benzene rings is 2. The summed E-state index contributed by atoms with van der Waals surface area (Å²) in [7, 11) is 0. The van der Waals surface area contributed by atoms with Gasteiger partial charge in [-0.2, -0.15) is 0 Å². The lowest BCUT2D eigenvalue weighted by molar-refractivity contribution is -0.116. The van der Waals surface area contributed by atoms with E-state index in [9.17, 15) is 4.79 Å². The van der Waals surface area contributed by atoms with Gasteiger partial charge in [-0.25, -0.2) is 9.97 Å². The Balaban J connectivity index is 1.57. The molecule has 0 radical (unpaired) electrons. The Morgan fingerprint density at radius 3 is 2.50 bits per heavy atom. The Hall–Kier alpha value is -2.40. The maximum atomic E-state index is 13.3. The minimum absolute atomic E-state index is 0.156. The van der Waals surface area contributed by atoms with Gasteiger partial charge in [0.05, 0.1) is 11.3 Å². The van der Waals surface area contributed by atoms with Crippen molar-refractivity contribution < 1.29 is 4.79 Å². The van der Waals surface area contributed by atoms with Gasteiger partial charge in [-0.3, -0.25) is 4.79 Å². The average molecular weight is 392 g/mol. The first-order chi connectivity index (χ1) is 13.7. The molecule has 1 saturated carbocycles. The molecule has 4 nitrogen and oxygen atoms in total. The van der Waals surface area contributed by atoms with Crippen molar-refractivity contribution >= 4 is 34.3 Å². The first-order valence-corrected chi connectivity index (χ1v) is 10.9. The van der Waals surface area contributed by atoms with Crippen LogP contribution in [0.1, 0.15) is 37.9 Å². The van der Waals surface area contributed by atoms with Crippen molar-refractivity contribution in [1.82, 2.24) is 9.97 Å². The van der Waals surface area contributed by atoms with Gasteiger partial charge >= 0.3 is 0 Å². The van der Waals surface area contributed by atoms with Crippen molar-refractivity contribution in [3.63, 3.8) is 0 Å². The van der Waals surface area contributed by atoms with Gasteiger partial charge < -0.3 is 4.90 Å². The van der Waals surface area contributed by atoms with Gasteiger partial charge in [-0.05, 0) is 38.0 Å². The third kappa shape index (κ3) is 4.20. The molecule has 1 fully saturated rings. The lowest BCUT2D eigenvalue weighted by Crippen LogP contribution is -2.42. The molecule has 4 rings (SSSR count). The molecule has 0 atom stereocenters. The van der Waals surface area contributed by atoms with E-state index in [0.29, 0.717) is 11.8 Å². The average Bonchev–Trinajstić information content (AvgIpc) is 2.73. The minimum Gasteiger partial charge on any atom is -0.309 e. The van der Waals surface area contributed by atoms with Crippen molar-refractivity contribution in [2.24, 2.45) is 0 Å². The van der Waals surface area contributed by atoms with Gasteiger partial charge in [0.25, 0.3) is 0 Å². The SMILES string of the molecule is Cc1nc(SCC(=O)N(c2ccccc2)C2CCCCC2)c2ccccc2n1. The van der Waals surface area contributed by atoms with E-state index in [4.69, 9.17) is 0 Å². The van der Waals surface area contributed by atoms with Crippen LogP contribution in [-0.4, -0.2) is 27.7 Å². The monoisotopic (exact) mass is 391 g/mol. The minimum atomic E-state index is 0.156. The van der Waals surface area contributed by atoms with E-state index in [1.807, 2.05) is 66.4 Å². The van der Waals surface area contributed by atoms with E-state index in [0.717, 1.165) is 40.3 Å². The Morgan fingerprint density at radius 2 is 1.71 bits per heavy atom. The maximum Gasteiger partial charge on any atom is 0.237 e. The number of fused-ring (bicyclic) bond motifs is 1. The molecular weight excluding hydrogens is 366 g/mol. The zero-order valence-corrected chi connectivity index (χ0v) is 17.0. The summed E-state index contributed by atoms with van der Waals surface area (Å²) in [6, 6.07) is 18.4. The standard InChI is InChI=1S/C23H25N3OS/c1-17-24-21-15-9-8-14-20(21)23(25-17)28-16-22(27)26(18-10-4-2-5-11-18)19-12-6-3-7-13-19/h2,4-5,8-11,14-15,19H,3,6-7,12-13,16H2,1H3. The second-order valence-electron chi connectivity index (χ2n) is 7.27. The number of nitrogens with zero attached hydrogens (tertiary/aromatic N) is 3. The molecule has 0 saturated heterocycles. The fourth-order valence-electron chi connectivity index (χ4n) is 3.95. The van der Waals surface area contributed by atoms with Gasteiger partial charge in [0.2, 0.25) is 5.91 Å². The molecule has 0 unspecified atom stereocenters. The van der Waals surface area contributed by atoms with Crippen molar-refractivity contribution in [3.05, 3.63) is 60.4 Å². The summed E-state index contributed by atoms with van der Waals surface area (Å²) in [5, 5.41) is 1.89. The number of carbonyl (C=O) groups is 1. The second kappa shape index (κ2) is 8.74. The molecule has 1 heterocycles. The van der Waals surface area contributed by atoms with Crippen LogP contribution in [0.25, 0.3) is 10.9 Å². The number of amides is 1. The van der Waals surface area contributed by atoms with E-state index >= 15 is 0 Å². The smallest absolute Gasteiger partial charge is 0.237 e. The first kappa shape index (κ1) is 18.9. The number of anilines is 1. The zero-order chi connectivity index (χ0) is 19.3. The fraction of sp³-hybridized carbons (Fsp3) is 0.348. The molecule has 0 aliphatic heterocycles. The fourth-order valence-corrected chi connectivity index (χ4v) is 4.88. The number of hydrogen-bond acceptors (Lipinski definition) is 4. The summed E-state index contributed by atoms with van der Waals surface area (Å²) < 4.78 is 0. The molecule has 1 aliphatic rings. The van der Waals surface area contributed by atoms with Crippen LogP contribution in [-0.2, 0) is 4.79 Å². The predicted octanol–water partition coefficient (Wildman–Crippen LogP) is 5.40. The number of rotatable bonds is 5. The predicted molar refractivity (Wildman–Crippen MR) is 116 cm³/mol. The van der Waals surface area contributed by atoms with Gasteiger partial charge in [-0.15, -0.1) is 0 Å². The molecular formula is C23H25N3OS. The van der Waals surface area contributed by atoms with Crippen LogP contribution in [0.3, 0.4) is 0 Å². The highest BCUT2D eigenvalue weighted by molar-refractivity contribution is 8.00. The molecule has 28 heavy (non-hydrogen) atoms. The van der Waals surface area contributed by atoms with Crippen LogP contribution in [0.2, 0.25) is 0 Å². The van der Waals surface area contributed by atoms with E-state index in [1.165, 1.54) is 31.0 Å².